The molecule has 2 aromatic rings. The van der Waals surface area contributed by atoms with E-state index in [2.05, 4.69) is 62.5 Å². The van der Waals surface area contributed by atoms with Crippen molar-refractivity contribution in [2.75, 3.05) is 12.8 Å². The third-order valence-corrected chi connectivity index (χ3v) is 4.46. The third kappa shape index (κ3) is 3.39. The van der Waals surface area contributed by atoms with Crippen LogP contribution >= 0.6 is 15.9 Å². The van der Waals surface area contributed by atoms with Crippen LogP contribution in [0.2, 0.25) is 0 Å². The maximum Gasteiger partial charge on any atom is 0.261 e. The van der Waals surface area contributed by atoms with Crippen molar-refractivity contribution in [1.29, 1.82) is 0 Å². The smallest absolute Gasteiger partial charge is 0.261 e. The number of fused-ring (bicyclic) bond motifs is 5. The van der Waals surface area contributed by atoms with Gasteiger partial charge in [0, 0.05) is 28.1 Å². The average molecular weight is 400 g/mol. The second-order valence-electron chi connectivity index (χ2n) is 5.72. The summed E-state index contributed by atoms with van der Waals surface area (Å²) >= 11 is 3.56. The lowest BCUT2D eigenvalue weighted by Crippen LogP contribution is -2.37. The highest BCUT2D eigenvalue weighted by atomic mass is 79.9. The van der Waals surface area contributed by atoms with Crippen molar-refractivity contribution in [3.05, 3.63) is 40.1 Å². The molecule has 23 heavy (non-hydrogen) atoms. The Kier molecular flexibility index (Phi) is 4.16. The molecule has 1 aromatic heterocycles. The molecular weight excluding hydrogens is 382 g/mol. The summed E-state index contributed by atoms with van der Waals surface area (Å²) in [5, 5.41) is 4.74. The van der Waals surface area contributed by atoms with Crippen LogP contribution in [-0.2, 0) is 16.5 Å². The SMILES string of the molecule is CC1NC=C2c3[nH]c4ccc(Br)cc4c3CCN21.CS(=O)(=O)O. The Hall–Kier alpha value is -1.51. The van der Waals surface area contributed by atoms with E-state index in [4.69, 9.17) is 4.55 Å². The molecule has 0 saturated heterocycles. The van der Waals surface area contributed by atoms with Gasteiger partial charge in [-0.2, -0.15) is 8.42 Å². The molecule has 0 aliphatic carbocycles. The molecule has 0 amide bonds. The lowest BCUT2D eigenvalue weighted by Gasteiger charge is -2.30. The van der Waals surface area contributed by atoms with E-state index in [1.54, 1.807) is 0 Å². The predicted octanol–water partition coefficient (Wildman–Crippen LogP) is 2.54. The first-order valence-electron chi connectivity index (χ1n) is 7.20. The summed E-state index contributed by atoms with van der Waals surface area (Å²) in [6, 6.07) is 6.45. The molecule has 2 aliphatic rings. The Labute approximate surface area is 143 Å². The fourth-order valence-corrected chi connectivity index (χ4v) is 3.40. The van der Waals surface area contributed by atoms with Crippen molar-refractivity contribution in [3.63, 3.8) is 0 Å². The molecule has 0 bridgehead atoms. The molecule has 4 rings (SSSR count). The number of halogens is 1. The normalized spacial score (nSPS) is 19.4. The van der Waals surface area contributed by atoms with Gasteiger partial charge >= 0.3 is 0 Å². The Morgan fingerprint density at radius 2 is 2.09 bits per heavy atom. The number of hydrogen-bond acceptors (Lipinski definition) is 4. The van der Waals surface area contributed by atoms with Crippen LogP contribution in [0.1, 0.15) is 18.2 Å². The largest absolute Gasteiger partial charge is 0.370 e. The van der Waals surface area contributed by atoms with E-state index in [0.717, 1.165) is 17.4 Å². The summed E-state index contributed by atoms with van der Waals surface area (Å²) in [5.41, 5.74) is 5.26. The van der Waals surface area contributed by atoms with Gasteiger partial charge in [0.2, 0.25) is 0 Å². The van der Waals surface area contributed by atoms with E-state index in [0.29, 0.717) is 12.4 Å². The van der Waals surface area contributed by atoms with E-state index < -0.39 is 10.1 Å². The third-order valence-electron chi connectivity index (χ3n) is 3.97. The van der Waals surface area contributed by atoms with Crippen LogP contribution in [0.15, 0.2) is 28.9 Å². The van der Waals surface area contributed by atoms with Crippen LogP contribution < -0.4 is 5.32 Å². The molecule has 8 heteroatoms. The molecule has 0 fully saturated rings. The number of benzene rings is 1. The van der Waals surface area contributed by atoms with Gasteiger partial charge in [-0.3, -0.25) is 4.55 Å². The quantitative estimate of drug-likeness (QED) is 0.592. The van der Waals surface area contributed by atoms with Gasteiger partial charge in [0.25, 0.3) is 10.1 Å². The number of aromatic nitrogens is 1. The second-order valence-corrected chi connectivity index (χ2v) is 8.10. The van der Waals surface area contributed by atoms with Crippen LogP contribution in [0, 0.1) is 0 Å². The monoisotopic (exact) mass is 399 g/mol. The van der Waals surface area contributed by atoms with Crippen molar-refractivity contribution in [2.45, 2.75) is 19.5 Å². The zero-order valence-electron chi connectivity index (χ0n) is 12.8. The fraction of sp³-hybridized carbons (Fsp3) is 0.333. The Morgan fingerprint density at radius 1 is 1.39 bits per heavy atom. The van der Waals surface area contributed by atoms with Gasteiger partial charge in [-0.1, -0.05) is 15.9 Å². The van der Waals surface area contributed by atoms with Gasteiger partial charge in [0.1, 0.15) is 0 Å². The van der Waals surface area contributed by atoms with Crippen LogP contribution in [0.4, 0.5) is 0 Å². The van der Waals surface area contributed by atoms with Gasteiger partial charge in [-0.25, -0.2) is 0 Å². The molecule has 124 valence electrons. The highest BCUT2D eigenvalue weighted by Gasteiger charge is 2.30. The van der Waals surface area contributed by atoms with E-state index >= 15 is 0 Å². The van der Waals surface area contributed by atoms with Crippen LogP contribution in [0.3, 0.4) is 0 Å². The first-order valence-corrected chi connectivity index (χ1v) is 9.84. The van der Waals surface area contributed by atoms with Crippen molar-refractivity contribution in [3.8, 4) is 0 Å². The summed E-state index contributed by atoms with van der Waals surface area (Å²) in [7, 11) is -3.67. The van der Waals surface area contributed by atoms with Crippen molar-refractivity contribution in [2.24, 2.45) is 0 Å². The van der Waals surface area contributed by atoms with Crippen molar-refractivity contribution < 1.29 is 13.0 Å². The van der Waals surface area contributed by atoms with Gasteiger partial charge < -0.3 is 15.2 Å². The topological polar surface area (TPSA) is 85.4 Å². The minimum absolute atomic E-state index is 0.409. The Bertz CT molecular complexity index is 881. The molecule has 0 saturated carbocycles. The molecule has 0 spiro atoms. The molecule has 6 nitrogen and oxygen atoms in total. The maximum atomic E-state index is 9.19. The highest BCUT2D eigenvalue weighted by Crippen LogP contribution is 2.36. The molecule has 1 atom stereocenters. The number of nitrogens with one attached hydrogen (secondary N) is 2. The molecule has 3 N–H and O–H groups in total. The van der Waals surface area contributed by atoms with Gasteiger partial charge in [0.15, 0.2) is 0 Å². The fourth-order valence-electron chi connectivity index (χ4n) is 3.04. The van der Waals surface area contributed by atoms with Crippen molar-refractivity contribution in [1.82, 2.24) is 15.2 Å². The van der Waals surface area contributed by atoms with Crippen molar-refractivity contribution >= 4 is 42.6 Å². The first-order chi connectivity index (χ1) is 10.7. The number of nitrogens with zero attached hydrogens (tertiary/aromatic N) is 1. The molecular formula is C15H18BrN3O3S. The summed E-state index contributed by atoms with van der Waals surface area (Å²) in [4.78, 5) is 5.99. The minimum Gasteiger partial charge on any atom is -0.370 e. The summed E-state index contributed by atoms with van der Waals surface area (Å²) < 4.78 is 27.0. The van der Waals surface area contributed by atoms with Crippen LogP contribution in [0.25, 0.3) is 16.6 Å². The van der Waals surface area contributed by atoms with E-state index in [9.17, 15) is 8.42 Å². The zero-order valence-corrected chi connectivity index (χ0v) is 15.2. The molecule has 0 radical (unpaired) electrons. The summed E-state index contributed by atoms with van der Waals surface area (Å²) in [6.45, 7) is 3.29. The van der Waals surface area contributed by atoms with Gasteiger partial charge in [-0.05, 0) is 37.1 Å². The number of hydrogen-bond donors (Lipinski definition) is 3. The average Bonchev–Trinajstić information content (AvgIpc) is 2.98. The van der Waals surface area contributed by atoms with Crippen LogP contribution in [0.5, 0.6) is 0 Å². The number of aromatic amines is 1. The standard InChI is InChI=1S/C14H14BrN3.CH4O3S/c1-8-16-7-13-14-10(4-5-18(8)13)11-6-9(15)2-3-12(11)17-14;1-5(2,3)4/h2-3,6-8,16-17H,4-5H2,1H3;1H3,(H,2,3,4). The first kappa shape index (κ1) is 16.4. The van der Waals surface area contributed by atoms with Crippen LogP contribution in [-0.4, -0.2) is 41.8 Å². The van der Waals surface area contributed by atoms with E-state index in [1.165, 1.54) is 27.9 Å². The number of H-pyrrole nitrogens is 1. The lowest BCUT2D eigenvalue weighted by atomic mass is 10.0. The maximum absolute atomic E-state index is 9.19. The summed E-state index contributed by atoms with van der Waals surface area (Å²) in [5.74, 6) is 0. The highest BCUT2D eigenvalue weighted by molar-refractivity contribution is 9.10. The minimum atomic E-state index is -3.67. The van der Waals surface area contributed by atoms with Gasteiger partial charge in [-0.15, -0.1) is 0 Å². The summed E-state index contributed by atoms with van der Waals surface area (Å²) in [6.07, 6.45) is 4.36. The van der Waals surface area contributed by atoms with E-state index in [1.807, 2.05) is 0 Å². The Balaban J connectivity index is 0.000000276. The zero-order chi connectivity index (χ0) is 16.8. The second kappa shape index (κ2) is 5.85. The predicted molar refractivity (Wildman–Crippen MR) is 94.5 cm³/mol. The Morgan fingerprint density at radius 3 is 2.78 bits per heavy atom. The molecule has 3 heterocycles. The van der Waals surface area contributed by atoms with Gasteiger partial charge in [0.05, 0.1) is 23.8 Å². The number of rotatable bonds is 0. The lowest BCUT2D eigenvalue weighted by molar-refractivity contribution is 0.308. The molecule has 1 unspecified atom stereocenters. The van der Waals surface area contributed by atoms with E-state index in [-0.39, 0.29) is 0 Å². The molecule has 1 aromatic carbocycles. The molecule has 2 aliphatic heterocycles.